The van der Waals surface area contributed by atoms with Crippen molar-refractivity contribution in [2.75, 3.05) is 38.2 Å². The minimum absolute atomic E-state index is 0.377. The van der Waals surface area contributed by atoms with Crippen molar-refractivity contribution >= 4 is 45.2 Å². The number of rotatable bonds is 8. The lowest BCUT2D eigenvalue weighted by Crippen LogP contribution is -2.21. The fourth-order valence-electron chi connectivity index (χ4n) is 3.33. The molecule has 0 aliphatic carbocycles. The Hall–Kier alpha value is -3.76. The number of hydrogen-bond donors (Lipinski definition) is 3. The lowest BCUT2D eigenvalue weighted by atomic mass is 10.0. The number of imidazole rings is 1. The first-order valence-electron chi connectivity index (χ1n) is 10.4. The molecular formula is C23H26N8OS. The van der Waals surface area contributed by atoms with Crippen molar-refractivity contribution in [3.8, 4) is 11.1 Å². The topological polar surface area (TPSA) is 113 Å². The Labute approximate surface area is 196 Å². The molecule has 0 saturated heterocycles. The minimum atomic E-state index is -0.380. The van der Waals surface area contributed by atoms with E-state index in [0.717, 1.165) is 41.1 Å². The Morgan fingerprint density at radius 1 is 1.30 bits per heavy atom. The fourth-order valence-corrected chi connectivity index (χ4v) is 4.34. The molecular weight excluding hydrogens is 436 g/mol. The maximum atomic E-state index is 12.9. The molecule has 0 unspecified atom stereocenters. The van der Waals surface area contributed by atoms with Gasteiger partial charge in [0.15, 0.2) is 0 Å². The van der Waals surface area contributed by atoms with Gasteiger partial charge in [-0.2, -0.15) is 5.10 Å². The van der Waals surface area contributed by atoms with Gasteiger partial charge in [0.25, 0.3) is 5.91 Å². The zero-order chi connectivity index (χ0) is 23.4. The van der Waals surface area contributed by atoms with E-state index in [0.29, 0.717) is 15.4 Å². The summed E-state index contributed by atoms with van der Waals surface area (Å²) in [5.74, 6) is 0.362. The number of likely N-dealkylation sites (N-methyl/N-ethyl adjacent to an activating group) is 1. The van der Waals surface area contributed by atoms with Crippen LogP contribution in [-0.2, 0) is 7.05 Å². The third-order valence-corrected chi connectivity index (χ3v) is 6.17. The normalized spacial score (nSPS) is 11.5. The number of hydrazone groups is 1. The number of hydrogen-bond acceptors (Lipinski definition) is 8. The highest BCUT2D eigenvalue weighted by Crippen LogP contribution is 2.40. The van der Waals surface area contributed by atoms with E-state index in [1.165, 1.54) is 17.6 Å². The molecule has 170 valence electrons. The quantitative estimate of drug-likeness (QED) is 0.274. The number of aromatic nitrogens is 3. The first-order valence-corrected chi connectivity index (χ1v) is 11.2. The summed E-state index contributed by atoms with van der Waals surface area (Å²) in [6.45, 7) is 1.62. The summed E-state index contributed by atoms with van der Waals surface area (Å²) < 4.78 is 1.80. The number of nitrogens with one attached hydrogen (secondary N) is 2. The summed E-state index contributed by atoms with van der Waals surface area (Å²) in [5, 5.41) is 8.19. The molecule has 1 amide bonds. The van der Waals surface area contributed by atoms with Crippen LogP contribution in [0.15, 0.2) is 54.0 Å². The van der Waals surface area contributed by atoms with Crippen LogP contribution in [0.2, 0.25) is 0 Å². The fraction of sp³-hybridized carbons (Fsp3) is 0.217. The highest BCUT2D eigenvalue weighted by atomic mass is 32.1. The lowest BCUT2D eigenvalue weighted by Gasteiger charge is -2.12. The van der Waals surface area contributed by atoms with E-state index < -0.39 is 0 Å². The van der Waals surface area contributed by atoms with Crippen LogP contribution in [0.4, 0.5) is 11.5 Å². The van der Waals surface area contributed by atoms with Gasteiger partial charge in [-0.05, 0) is 31.3 Å². The summed E-state index contributed by atoms with van der Waals surface area (Å²) in [4.78, 5) is 24.8. The molecule has 4 aromatic rings. The Bertz CT molecular complexity index is 1290. The van der Waals surface area contributed by atoms with Crippen LogP contribution in [0.25, 0.3) is 21.3 Å². The number of benzene rings is 1. The third-order valence-electron chi connectivity index (χ3n) is 5.07. The second kappa shape index (κ2) is 9.80. The van der Waals surface area contributed by atoms with Crippen LogP contribution in [0.5, 0.6) is 0 Å². The number of nitrogens with zero attached hydrogens (tertiary/aromatic N) is 5. The van der Waals surface area contributed by atoms with Crippen molar-refractivity contribution in [1.82, 2.24) is 24.9 Å². The van der Waals surface area contributed by atoms with Crippen LogP contribution >= 0.6 is 11.3 Å². The van der Waals surface area contributed by atoms with E-state index in [1.807, 2.05) is 57.5 Å². The van der Waals surface area contributed by atoms with Gasteiger partial charge in [-0.3, -0.25) is 4.79 Å². The average Bonchev–Trinajstić information content (AvgIpc) is 3.36. The van der Waals surface area contributed by atoms with Gasteiger partial charge < -0.3 is 20.5 Å². The van der Waals surface area contributed by atoms with E-state index in [9.17, 15) is 4.79 Å². The van der Waals surface area contributed by atoms with Crippen LogP contribution in [-0.4, -0.2) is 58.7 Å². The highest BCUT2D eigenvalue weighted by molar-refractivity contribution is 7.21. The number of thiophene rings is 1. The molecule has 10 heteroatoms. The van der Waals surface area contributed by atoms with E-state index >= 15 is 0 Å². The van der Waals surface area contributed by atoms with Crippen molar-refractivity contribution in [3.63, 3.8) is 0 Å². The van der Waals surface area contributed by atoms with Crippen molar-refractivity contribution in [2.24, 2.45) is 12.1 Å². The molecule has 33 heavy (non-hydrogen) atoms. The Morgan fingerprint density at radius 3 is 2.79 bits per heavy atom. The Kier molecular flexibility index (Phi) is 6.66. The van der Waals surface area contributed by atoms with Gasteiger partial charge in [0.05, 0.1) is 30.1 Å². The molecule has 4 N–H and O–H groups in total. The van der Waals surface area contributed by atoms with Gasteiger partial charge in [-0.1, -0.05) is 30.3 Å². The van der Waals surface area contributed by atoms with Gasteiger partial charge in [-0.25, -0.2) is 15.4 Å². The largest absolute Gasteiger partial charge is 0.397 e. The average molecular weight is 463 g/mol. The number of carbonyl (C=O) groups excluding carboxylic acids is 1. The van der Waals surface area contributed by atoms with Gasteiger partial charge >= 0.3 is 0 Å². The molecule has 1 aromatic carbocycles. The molecule has 0 aliphatic rings. The number of anilines is 2. The van der Waals surface area contributed by atoms with Crippen LogP contribution in [0.1, 0.15) is 15.4 Å². The number of nitrogen functional groups attached to an aromatic ring is 1. The first-order chi connectivity index (χ1) is 15.9. The molecule has 0 fully saturated rings. The molecule has 0 spiro atoms. The second-order valence-electron chi connectivity index (χ2n) is 7.80. The monoisotopic (exact) mass is 462 g/mol. The number of pyridine rings is 1. The van der Waals surface area contributed by atoms with Gasteiger partial charge in [-0.15, -0.1) is 11.3 Å². The molecule has 4 rings (SSSR count). The molecule has 0 radical (unpaired) electrons. The molecule has 0 atom stereocenters. The molecule has 0 bridgehead atoms. The first kappa shape index (κ1) is 22.4. The maximum absolute atomic E-state index is 12.9. The van der Waals surface area contributed by atoms with E-state index in [4.69, 9.17) is 10.7 Å². The van der Waals surface area contributed by atoms with Crippen LogP contribution < -0.4 is 16.5 Å². The summed E-state index contributed by atoms with van der Waals surface area (Å²) in [6, 6.07) is 11.9. The van der Waals surface area contributed by atoms with E-state index in [1.54, 1.807) is 17.1 Å². The van der Waals surface area contributed by atoms with Crippen molar-refractivity contribution in [1.29, 1.82) is 0 Å². The number of amides is 1. The summed E-state index contributed by atoms with van der Waals surface area (Å²) >= 11 is 1.26. The molecule has 3 heterocycles. The predicted molar refractivity (Wildman–Crippen MR) is 135 cm³/mol. The van der Waals surface area contributed by atoms with Crippen molar-refractivity contribution in [3.05, 3.63) is 59.5 Å². The van der Waals surface area contributed by atoms with Gasteiger partial charge in [0.1, 0.15) is 15.5 Å². The zero-order valence-electron chi connectivity index (χ0n) is 18.7. The standard InChI is InChI=1S/C23H26N8OS/c1-30(2)10-9-26-18-11-17(15-7-5-4-6-8-15)19-20(24)21(33-23(19)28-18)22(32)29-27-13-16-12-25-14-31(16)3/h4-8,11-14H,9-10,24H2,1-3H3,(H,26,28)(H,29,32)/b27-13+. The number of fused-ring (bicyclic) bond motifs is 1. The maximum Gasteiger partial charge on any atom is 0.283 e. The molecule has 0 saturated carbocycles. The van der Waals surface area contributed by atoms with E-state index in [2.05, 4.69) is 25.7 Å². The Balaban J connectivity index is 1.68. The Morgan fingerprint density at radius 2 is 2.09 bits per heavy atom. The highest BCUT2D eigenvalue weighted by Gasteiger charge is 2.21. The number of nitrogens with two attached hydrogens (primary N) is 1. The smallest absolute Gasteiger partial charge is 0.283 e. The zero-order valence-corrected chi connectivity index (χ0v) is 19.6. The summed E-state index contributed by atoms with van der Waals surface area (Å²) in [7, 11) is 5.89. The number of carbonyl (C=O) groups is 1. The lowest BCUT2D eigenvalue weighted by molar-refractivity contribution is 0.0960. The van der Waals surface area contributed by atoms with Crippen LogP contribution in [0, 0.1) is 0 Å². The van der Waals surface area contributed by atoms with Crippen molar-refractivity contribution in [2.45, 2.75) is 0 Å². The minimum Gasteiger partial charge on any atom is -0.397 e. The van der Waals surface area contributed by atoms with Crippen molar-refractivity contribution < 1.29 is 4.79 Å². The van der Waals surface area contributed by atoms with E-state index in [-0.39, 0.29) is 5.91 Å². The summed E-state index contributed by atoms with van der Waals surface area (Å²) in [6.07, 6.45) is 4.85. The number of aryl methyl sites for hydroxylation is 1. The second-order valence-corrected chi connectivity index (χ2v) is 8.80. The van der Waals surface area contributed by atoms with Gasteiger partial charge in [0, 0.05) is 25.5 Å². The third kappa shape index (κ3) is 5.02. The molecule has 9 nitrogen and oxygen atoms in total. The predicted octanol–water partition coefficient (Wildman–Crippen LogP) is 3.02. The molecule has 0 aliphatic heterocycles. The van der Waals surface area contributed by atoms with Crippen LogP contribution in [0.3, 0.4) is 0 Å². The summed E-state index contributed by atoms with van der Waals surface area (Å²) in [5.41, 5.74) is 12.1. The molecule has 3 aromatic heterocycles. The SMILES string of the molecule is CN(C)CCNc1cc(-c2ccccc2)c2c(N)c(C(=O)N/N=C/c3cncn3C)sc2n1. The van der Waals surface area contributed by atoms with Gasteiger partial charge in [0.2, 0.25) is 0 Å².